The fraction of sp³-hybridized carbons (Fsp3) is 0.280. The summed E-state index contributed by atoms with van der Waals surface area (Å²) in [5.74, 6) is 1.27. The molecule has 1 aliphatic rings. The monoisotopic (exact) mass is 485 g/mol. The Hall–Kier alpha value is -2.42. The molecular weight excluding hydrogens is 458 g/mol. The number of ether oxygens (including phenoxy) is 1. The zero-order valence-corrected chi connectivity index (χ0v) is 20.1. The van der Waals surface area contributed by atoms with Gasteiger partial charge in [-0.25, -0.2) is 13.1 Å². The van der Waals surface area contributed by atoms with Crippen LogP contribution in [0.3, 0.4) is 0 Å². The Balaban J connectivity index is 1.48. The molecule has 0 aliphatic carbocycles. The standard InChI is InChI=1S/C25H28ClN3O3S/c1-28-15-17-29(18-16-28)25(23-9-5-6-10-24(23)26)19-27-33(30,31)22-13-11-21(12-14-22)32-20-7-3-2-4-8-20/h2-14,25,27H,15-19H2,1H3. The van der Waals surface area contributed by atoms with E-state index in [1.165, 1.54) is 0 Å². The highest BCUT2D eigenvalue weighted by molar-refractivity contribution is 7.89. The minimum Gasteiger partial charge on any atom is -0.457 e. The van der Waals surface area contributed by atoms with E-state index in [0.717, 1.165) is 31.7 Å². The molecule has 174 valence electrons. The van der Waals surface area contributed by atoms with E-state index < -0.39 is 10.0 Å². The summed E-state index contributed by atoms with van der Waals surface area (Å²) in [6, 6.07) is 23.3. The summed E-state index contributed by atoms with van der Waals surface area (Å²) in [7, 11) is -1.61. The smallest absolute Gasteiger partial charge is 0.240 e. The molecule has 0 saturated carbocycles. The average molecular weight is 486 g/mol. The van der Waals surface area contributed by atoms with Crippen LogP contribution in [0.25, 0.3) is 0 Å². The first kappa shape index (κ1) is 23.7. The van der Waals surface area contributed by atoms with E-state index in [1.807, 2.05) is 54.6 Å². The fourth-order valence-corrected chi connectivity index (χ4v) is 5.20. The van der Waals surface area contributed by atoms with Crippen molar-refractivity contribution in [3.05, 3.63) is 89.4 Å². The molecule has 1 fully saturated rings. The highest BCUT2D eigenvalue weighted by Crippen LogP contribution is 2.29. The molecule has 1 aliphatic heterocycles. The third-order valence-corrected chi connectivity index (χ3v) is 7.61. The van der Waals surface area contributed by atoms with Gasteiger partial charge in [-0.15, -0.1) is 0 Å². The van der Waals surface area contributed by atoms with Crippen molar-refractivity contribution in [3.8, 4) is 11.5 Å². The number of benzene rings is 3. The summed E-state index contributed by atoms with van der Waals surface area (Å²) in [5, 5.41) is 0.642. The van der Waals surface area contributed by atoms with Crippen LogP contribution in [0.2, 0.25) is 5.02 Å². The van der Waals surface area contributed by atoms with Crippen molar-refractivity contribution in [3.63, 3.8) is 0 Å². The van der Waals surface area contributed by atoms with E-state index in [9.17, 15) is 8.42 Å². The lowest BCUT2D eigenvalue weighted by Crippen LogP contribution is -2.48. The molecule has 1 heterocycles. The Morgan fingerprint density at radius 2 is 1.48 bits per heavy atom. The first-order chi connectivity index (χ1) is 15.9. The number of para-hydroxylation sites is 1. The quantitative estimate of drug-likeness (QED) is 0.512. The van der Waals surface area contributed by atoms with E-state index in [2.05, 4.69) is 21.6 Å². The zero-order chi connectivity index (χ0) is 23.3. The van der Waals surface area contributed by atoms with Gasteiger partial charge in [0.1, 0.15) is 11.5 Å². The van der Waals surface area contributed by atoms with Gasteiger partial charge in [0.25, 0.3) is 0 Å². The molecule has 1 atom stereocenters. The van der Waals surface area contributed by atoms with Crippen LogP contribution in [0.5, 0.6) is 11.5 Å². The molecule has 6 nitrogen and oxygen atoms in total. The highest BCUT2D eigenvalue weighted by Gasteiger charge is 2.27. The summed E-state index contributed by atoms with van der Waals surface area (Å²) in [6.07, 6.45) is 0. The maximum absolute atomic E-state index is 13.0. The van der Waals surface area contributed by atoms with Crippen LogP contribution in [0.15, 0.2) is 83.8 Å². The van der Waals surface area contributed by atoms with Gasteiger partial charge >= 0.3 is 0 Å². The first-order valence-electron chi connectivity index (χ1n) is 10.9. The van der Waals surface area contributed by atoms with Crippen molar-refractivity contribution in [2.75, 3.05) is 39.8 Å². The second kappa shape index (κ2) is 10.7. The number of hydrogen-bond acceptors (Lipinski definition) is 5. The molecule has 1 unspecified atom stereocenters. The SMILES string of the molecule is CN1CCN(C(CNS(=O)(=O)c2ccc(Oc3ccccc3)cc2)c2ccccc2Cl)CC1. The second-order valence-electron chi connectivity index (χ2n) is 8.11. The summed E-state index contributed by atoms with van der Waals surface area (Å²) < 4.78 is 34.7. The number of nitrogens with zero attached hydrogens (tertiary/aromatic N) is 2. The molecule has 4 rings (SSSR count). The molecule has 33 heavy (non-hydrogen) atoms. The number of sulfonamides is 1. The summed E-state index contributed by atoms with van der Waals surface area (Å²) in [5.41, 5.74) is 0.929. The van der Waals surface area contributed by atoms with Gasteiger partial charge in [0.05, 0.1) is 4.90 Å². The van der Waals surface area contributed by atoms with Crippen LogP contribution in [-0.4, -0.2) is 58.0 Å². The predicted molar refractivity (Wildman–Crippen MR) is 131 cm³/mol. The Bertz CT molecular complexity index is 1150. The number of nitrogens with one attached hydrogen (secondary N) is 1. The lowest BCUT2D eigenvalue weighted by molar-refractivity contribution is 0.113. The molecule has 1 saturated heterocycles. The molecule has 8 heteroatoms. The lowest BCUT2D eigenvalue weighted by atomic mass is 10.0. The van der Waals surface area contributed by atoms with Crippen molar-refractivity contribution in [1.82, 2.24) is 14.5 Å². The maximum Gasteiger partial charge on any atom is 0.240 e. The molecule has 0 amide bonds. The topological polar surface area (TPSA) is 61.9 Å². The van der Waals surface area contributed by atoms with Crippen LogP contribution < -0.4 is 9.46 Å². The average Bonchev–Trinajstić information content (AvgIpc) is 2.82. The Kier molecular flexibility index (Phi) is 7.67. The normalized spacial score (nSPS) is 16.4. The predicted octanol–water partition coefficient (Wildman–Crippen LogP) is 4.40. The largest absolute Gasteiger partial charge is 0.457 e. The molecule has 1 N–H and O–H groups in total. The fourth-order valence-electron chi connectivity index (χ4n) is 3.90. The molecule has 0 bridgehead atoms. The molecule has 0 spiro atoms. The van der Waals surface area contributed by atoms with Gasteiger partial charge in [0.2, 0.25) is 10.0 Å². The van der Waals surface area contributed by atoms with Crippen LogP contribution in [-0.2, 0) is 10.0 Å². The van der Waals surface area contributed by atoms with E-state index in [-0.39, 0.29) is 17.5 Å². The van der Waals surface area contributed by atoms with Crippen LogP contribution in [0, 0.1) is 0 Å². The number of piperazine rings is 1. The van der Waals surface area contributed by atoms with Crippen LogP contribution >= 0.6 is 11.6 Å². The number of rotatable bonds is 8. The molecule has 0 radical (unpaired) electrons. The van der Waals surface area contributed by atoms with Gasteiger partial charge in [-0.05, 0) is 55.1 Å². The zero-order valence-electron chi connectivity index (χ0n) is 18.5. The molecular formula is C25H28ClN3O3S. The van der Waals surface area contributed by atoms with Crippen molar-refractivity contribution in [1.29, 1.82) is 0 Å². The van der Waals surface area contributed by atoms with Gasteiger partial charge in [0, 0.05) is 43.8 Å². The Morgan fingerprint density at radius 3 is 2.15 bits per heavy atom. The van der Waals surface area contributed by atoms with E-state index in [1.54, 1.807) is 24.3 Å². The highest BCUT2D eigenvalue weighted by atomic mass is 35.5. The van der Waals surface area contributed by atoms with Gasteiger partial charge in [0.15, 0.2) is 0 Å². The first-order valence-corrected chi connectivity index (χ1v) is 12.8. The van der Waals surface area contributed by atoms with Crippen molar-refractivity contribution in [2.45, 2.75) is 10.9 Å². The van der Waals surface area contributed by atoms with E-state index in [0.29, 0.717) is 16.5 Å². The number of likely N-dealkylation sites (N-methyl/N-ethyl adjacent to an activating group) is 1. The summed E-state index contributed by atoms with van der Waals surface area (Å²) in [6.45, 7) is 3.78. The Labute approximate surface area is 200 Å². The van der Waals surface area contributed by atoms with Crippen molar-refractivity contribution >= 4 is 21.6 Å². The second-order valence-corrected chi connectivity index (χ2v) is 10.3. The van der Waals surface area contributed by atoms with Gasteiger partial charge in [-0.2, -0.15) is 0 Å². The van der Waals surface area contributed by atoms with Gasteiger partial charge in [-0.1, -0.05) is 48.0 Å². The minimum absolute atomic E-state index is 0.150. The number of halogens is 1. The van der Waals surface area contributed by atoms with Crippen LogP contribution in [0.4, 0.5) is 0 Å². The third kappa shape index (κ3) is 6.13. The van der Waals surface area contributed by atoms with Gasteiger partial charge < -0.3 is 9.64 Å². The van der Waals surface area contributed by atoms with Crippen LogP contribution in [0.1, 0.15) is 11.6 Å². The van der Waals surface area contributed by atoms with E-state index in [4.69, 9.17) is 16.3 Å². The third-order valence-electron chi connectivity index (χ3n) is 5.82. The van der Waals surface area contributed by atoms with Crippen molar-refractivity contribution in [2.24, 2.45) is 0 Å². The molecule has 0 aromatic heterocycles. The van der Waals surface area contributed by atoms with E-state index >= 15 is 0 Å². The van der Waals surface area contributed by atoms with Crippen molar-refractivity contribution < 1.29 is 13.2 Å². The number of hydrogen-bond donors (Lipinski definition) is 1. The Morgan fingerprint density at radius 1 is 0.879 bits per heavy atom. The minimum atomic E-state index is -3.70. The van der Waals surface area contributed by atoms with Gasteiger partial charge in [-0.3, -0.25) is 4.90 Å². The molecule has 3 aromatic carbocycles. The maximum atomic E-state index is 13.0. The lowest BCUT2D eigenvalue weighted by Gasteiger charge is -2.38. The summed E-state index contributed by atoms with van der Waals surface area (Å²) >= 11 is 6.49. The summed E-state index contributed by atoms with van der Waals surface area (Å²) in [4.78, 5) is 4.75. The molecule has 3 aromatic rings.